The largest absolute Gasteiger partial charge is 0.0654 e. The quantitative estimate of drug-likeness (QED) is 0.191. The summed E-state index contributed by atoms with van der Waals surface area (Å²) in [5.41, 5.74) is 0. The maximum atomic E-state index is 2.45. The van der Waals surface area contributed by atoms with Crippen molar-refractivity contribution in [3.05, 3.63) is 0 Å². The van der Waals surface area contributed by atoms with Gasteiger partial charge in [0.15, 0.2) is 0 Å². The molecule has 0 radical (unpaired) electrons. The molecule has 0 saturated heterocycles. The molecule has 0 aliphatic heterocycles. The molecule has 0 heteroatoms. The van der Waals surface area contributed by atoms with Crippen LogP contribution in [0.3, 0.4) is 0 Å². The Balaban J connectivity index is 3.45. The van der Waals surface area contributed by atoms with E-state index in [2.05, 4.69) is 27.7 Å². The van der Waals surface area contributed by atoms with Crippen molar-refractivity contribution in [1.82, 2.24) is 0 Å². The maximum absolute atomic E-state index is 2.45. The second-order valence-electron chi connectivity index (χ2n) is 8.88. The summed E-state index contributed by atoms with van der Waals surface area (Å²) >= 11 is 0. The molecule has 0 amide bonds. The van der Waals surface area contributed by atoms with E-state index in [-0.39, 0.29) is 0 Å². The van der Waals surface area contributed by atoms with E-state index in [1.807, 2.05) is 0 Å². The van der Waals surface area contributed by atoms with Gasteiger partial charge in [0, 0.05) is 0 Å². The highest BCUT2D eigenvalue weighted by atomic mass is 14.2. The Labute approximate surface area is 161 Å². The molecule has 0 aromatic carbocycles. The average molecular weight is 353 g/mol. The molecule has 0 bridgehead atoms. The zero-order valence-corrected chi connectivity index (χ0v) is 18.6. The molecule has 0 rings (SSSR count). The SMILES string of the molecule is CCCCCCCCCCCCC(CCCCCCCCC)C(C)C. The molecule has 152 valence electrons. The highest BCUT2D eigenvalue weighted by molar-refractivity contribution is 4.64. The third-order valence-corrected chi connectivity index (χ3v) is 6.05. The molecule has 0 aliphatic carbocycles. The number of hydrogen-bond acceptors (Lipinski definition) is 0. The Hall–Kier alpha value is 0. The van der Waals surface area contributed by atoms with Crippen molar-refractivity contribution in [1.29, 1.82) is 0 Å². The summed E-state index contributed by atoms with van der Waals surface area (Å²) in [6.07, 6.45) is 27.8. The topological polar surface area (TPSA) is 0 Å². The van der Waals surface area contributed by atoms with Gasteiger partial charge in [0.1, 0.15) is 0 Å². The number of hydrogen-bond donors (Lipinski definition) is 0. The first-order valence-corrected chi connectivity index (χ1v) is 12.2. The minimum absolute atomic E-state index is 0.888. The van der Waals surface area contributed by atoms with Gasteiger partial charge in [0.05, 0.1) is 0 Å². The molecule has 1 unspecified atom stereocenters. The first-order chi connectivity index (χ1) is 12.2. The van der Waals surface area contributed by atoms with E-state index in [4.69, 9.17) is 0 Å². The van der Waals surface area contributed by atoms with Gasteiger partial charge in [0.25, 0.3) is 0 Å². The lowest BCUT2D eigenvalue weighted by Gasteiger charge is -2.20. The van der Waals surface area contributed by atoms with Crippen molar-refractivity contribution in [3.8, 4) is 0 Å². The summed E-state index contributed by atoms with van der Waals surface area (Å²) in [6, 6.07) is 0. The average Bonchev–Trinajstić information content (AvgIpc) is 2.60. The van der Waals surface area contributed by atoms with Crippen LogP contribution >= 0.6 is 0 Å². The van der Waals surface area contributed by atoms with E-state index >= 15 is 0 Å². The molecular formula is C25H52. The Morgan fingerprint density at radius 3 is 0.960 bits per heavy atom. The molecule has 0 N–H and O–H groups in total. The third-order valence-electron chi connectivity index (χ3n) is 6.05. The van der Waals surface area contributed by atoms with Crippen LogP contribution in [0.15, 0.2) is 0 Å². The second kappa shape index (κ2) is 20.3. The number of rotatable bonds is 20. The fourth-order valence-electron chi connectivity index (χ4n) is 4.07. The summed E-state index contributed by atoms with van der Waals surface area (Å²) in [7, 11) is 0. The zero-order valence-electron chi connectivity index (χ0n) is 18.6. The van der Waals surface area contributed by atoms with E-state index in [0.29, 0.717) is 0 Å². The van der Waals surface area contributed by atoms with Crippen LogP contribution in [-0.4, -0.2) is 0 Å². The fraction of sp³-hybridized carbons (Fsp3) is 1.00. The minimum Gasteiger partial charge on any atom is -0.0654 e. The predicted octanol–water partition coefficient (Wildman–Crippen LogP) is 9.71. The van der Waals surface area contributed by atoms with Crippen molar-refractivity contribution in [2.45, 2.75) is 150 Å². The smallest absolute Gasteiger partial charge is 0.0391 e. The molecule has 0 aliphatic rings. The molecule has 0 aromatic rings. The molecule has 25 heavy (non-hydrogen) atoms. The molecule has 0 spiro atoms. The van der Waals surface area contributed by atoms with Crippen molar-refractivity contribution < 1.29 is 0 Å². The van der Waals surface area contributed by atoms with Gasteiger partial charge in [-0.3, -0.25) is 0 Å². The van der Waals surface area contributed by atoms with Crippen LogP contribution in [0, 0.1) is 11.8 Å². The van der Waals surface area contributed by atoms with Crippen LogP contribution in [0.1, 0.15) is 150 Å². The molecule has 0 heterocycles. The van der Waals surface area contributed by atoms with Gasteiger partial charge in [-0.15, -0.1) is 0 Å². The standard InChI is InChI=1S/C25H52/c1-5-7-9-11-13-14-15-17-19-21-23-25(24(3)4)22-20-18-16-12-10-8-6-2/h24-25H,5-23H2,1-4H3. The Kier molecular flexibility index (Phi) is 20.3. The van der Waals surface area contributed by atoms with Gasteiger partial charge in [0.2, 0.25) is 0 Å². The summed E-state index contributed by atoms with van der Waals surface area (Å²) < 4.78 is 0. The van der Waals surface area contributed by atoms with Crippen LogP contribution in [0.25, 0.3) is 0 Å². The Bertz CT molecular complexity index is 230. The van der Waals surface area contributed by atoms with Crippen LogP contribution in [0.5, 0.6) is 0 Å². The van der Waals surface area contributed by atoms with Crippen molar-refractivity contribution >= 4 is 0 Å². The summed E-state index contributed by atoms with van der Waals surface area (Å²) in [5, 5.41) is 0. The lowest BCUT2D eigenvalue weighted by Crippen LogP contribution is -2.08. The first-order valence-electron chi connectivity index (χ1n) is 12.2. The minimum atomic E-state index is 0.888. The van der Waals surface area contributed by atoms with E-state index in [1.165, 1.54) is 122 Å². The van der Waals surface area contributed by atoms with E-state index in [9.17, 15) is 0 Å². The predicted molar refractivity (Wildman–Crippen MR) is 117 cm³/mol. The lowest BCUT2D eigenvalue weighted by molar-refractivity contribution is 0.312. The molecule has 0 nitrogen and oxygen atoms in total. The highest BCUT2D eigenvalue weighted by Gasteiger charge is 2.12. The van der Waals surface area contributed by atoms with E-state index in [1.54, 1.807) is 0 Å². The van der Waals surface area contributed by atoms with Crippen molar-refractivity contribution in [2.24, 2.45) is 11.8 Å². The highest BCUT2D eigenvalue weighted by Crippen LogP contribution is 2.25. The van der Waals surface area contributed by atoms with E-state index in [0.717, 1.165) is 11.8 Å². The number of unbranched alkanes of at least 4 members (excludes halogenated alkanes) is 15. The zero-order chi connectivity index (χ0) is 18.6. The molecule has 0 fully saturated rings. The van der Waals surface area contributed by atoms with Gasteiger partial charge < -0.3 is 0 Å². The monoisotopic (exact) mass is 352 g/mol. The lowest BCUT2D eigenvalue weighted by atomic mass is 9.85. The van der Waals surface area contributed by atoms with Crippen LogP contribution in [0.4, 0.5) is 0 Å². The van der Waals surface area contributed by atoms with Crippen LogP contribution < -0.4 is 0 Å². The van der Waals surface area contributed by atoms with Crippen LogP contribution in [-0.2, 0) is 0 Å². The van der Waals surface area contributed by atoms with Crippen molar-refractivity contribution in [3.63, 3.8) is 0 Å². The maximum Gasteiger partial charge on any atom is -0.0391 e. The second-order valence-corrected chi connectivity index (χ2v) is 8.88. The molecular weight excluding hydrogens is 300 g/mol. The third kappa shape index (κ3) is 18.6. The fourth-order valence-corrected chi connectivity index (χ4v) is 4.07. The molecule has 0 saturated carbocycles. The Morgan fingerprint density at radius 2 is 0.680 bits per heavy atom. The van der Waals surface area contributed by atoms with Gasteiger partial charge in [-0.2, -0.15) is 0 Å². The summed E-state index contributed by atoms with van der Waals surface area (Å²) in [6.45, 7) is 9.50. The van der Waals surface area contributed by atoms with E-state index < -0.39 is 0 Å². The summed E-state index contributed by atoms with van der Waals surface area (Å²) in [4.78, 5) is 0. The van der Waals surface area contributed by atoms with Gasteiger partial charge in [-0.1, -0.05) is 150 Å². The molecule has 0 aromatic heterocycles. The van der Waals surface area contributed by atoms with Gasteiger partial charge in [-0.25, -0.2) is 0 Å². The van der Waals surface area contributed by atoms with Gasteiger partial charge in [-0.05, 0) is 11.8 Å². The Morgan fingerprint density at radius 1 is 0.400 bits per heavy atom. The normalized spacial score (nSPS) is 12.8. The van der Waals surface area contributed by atoms with Crippen LogP contribution in [0.2, 0.25) is 0 Å². The molecule has 1 atom stereocenters. The first kappa shape index (κ1) is 25.0. The summed E-state index contributed by atoms with van der Waals surface area (Å²) in [5.74, 6) is 1.88. The van der Waals surface area contributed by atoms with Gasteiger partial charge >= 0.3 is 0 Å². The van der Waals surface area contributed by atoms with Crippen molar-refractivity contribution in [2.75, 3.05) is 0 Å².